The third-order valence-electron chi connectivity index (χ3n) is 1.65. The largest absolute Gasteiger partial charge is 0.295 e. The van der Waals surface area contributed by atoms with Crippen molar-refractivity contribution in [3.05, 3.63) is 35.9 Å². The van der Waals surface area contributed by atoms with Crippen molar-refractivity contribution in [1.82, 2.24) is 14.3 Å². The van der Waals surface area contributed by atoms with Gasteiger partial charge in [0.05, 0.1) is 0 Å². The molecular weight excluding hydrogens is 212 g/mol. The van der Waals surface area contributed by atoms with E-state index in [4.69, 9.17) is 0 Å². The van der Waals surface area contributed by atoms with Crippen LogP contribution in [0.1, 0.15) is 16.3 Å². The van der Waals surface area contributed by atoms with Crippen LogP contribution < -0.4 is 5.32 Å². The summed E-state index contributed by atoms with van der Waals surface area (Å²) in [6.07, 6.45) is 1.57. The summed E-state index contributed by atoms with van der Waals surface area (Å²) in [6.45, 7) is 1.77. The first-order valence-corrected chi connectivity index (χ1v) is 5.06. The number of aromatic nitrogens is 3. The summed E-state index contributed by atoms with van der Waals surface area (Å²) in [6, 6.07) is 5.16. The van der Waals surface area contributed by atoms with Crippen LogP contribution in [0.25, 0.3) is 0 Å². The molecule has 1 N–H and O–H groups in total. The molecule has 6 heteroatoms. The third-order valence-corrected chi connectivity index (χ3v) is 2.37. The number of nitrogens with one attached hydrogen (secondary N) is 1. The smallest absolute Gasteiger partial charge is 0.276 e. The molecule has 0 bridgehead atoms. The SMILES string of the molecule is Cc1nsc(NC(=O)c2ccccn2)n1. The standard InChI is InChI=1S/C9H8N4OS/c1-6-11-9(15-13-6)12-8(14)7-4-2-3-5-10-7/h2-5H,1H3,(H,11,12,13,14). The molecule has 15 heavy (non-hydrogen) atoms. The zero-order valence-electron chi connectivity index (χ0n) is 7.97. The molecule has 0 saturated carbocycles. The molecule has 0 aliphatic carbocycles. The van der Waals surface area contributed by atoms with Crippen LogP contribution >= 0.6 is 11.5 Å². The van der Waals surface area contributed by atoms with Crippen LogP contribution in [0.4, 0.5) is 5.13 Å². The molecule has 5 nitrogen and oxygen atoms in total. The fourth-order valence-corrected chi connectivity index (χ4v) is 1.58. The number of hydrogen-bond acceptors (Lipinski definition) is 5. The molecular formula is C9H8N4OS. The van der Waals surface area contributed by atoms with E-state index in [1.165, 1.54) is 0 Å². The number of anilines is 1. The number of carbonyl (C=O) groups excluding carboxylic acids is 1. The van der Waals surface area contributed by atoms with Crippen LogP contribution in [0.15, 0.2) is 24.4 Å². The van der Waals surface area contributed by atoms with Crippen molar-refractivity contribution in [3.8, 4) is 0 Å². The maximum atomic E-state index is 11.6. The van der Waals surface area contributed by atoms with Crippen molar-refractivity contribution in [2.45, 2.75) is 6.92 Å². The third kappa shape index (κ3) is 2.35. The number of hydrogen-bond donors (Lipinski definition) is 1. The number of rotatable bonds is 2. The highest BCUT2D eigenvalue weighted by atomic mass is 32.1. The number of amides is 1. The zero-order chi connectivity index (χ0) is 10.7. The summed E-state index contributed by atoms with van der Waals surface area (Å²) in [5.74, 6) is 0.378. The van der Waals surface area contributed by atoms with Crippen molar-refractivity contribution in [2.75, 3.05) is 5.32 Å². The lowest BCUT2D eigenvalue weighted by Gasteiger charge is -1.98. The van der Waals surface area contributed by atoms with E-state index in [1.807, 2.05) is 0 Å². The Morgan fingerprint density at radius 1 is 1.47 bits per heavy atom. The van der Waals surface area contributed by atoms with Gasteiger partial charge in [-0.1, -0.05) is 6.07 Å². The van der Waals surface area contributed by atoms with Crippen molar-refractivity contribution in [2.24, 2.45) is 0 Å². The molecule has 0 aromatic carbocycles. The van der Waals surface area contributed by atoms with Gasteiger partial charge in [0, 0.05) is 17.7 Å². The Labute approximate surface area is 90.4 Å². The molecule has 2 aromatic rings. The van der Waals surface area contributed by atoms with Crippen molar-refractivity contribution in [1.29, 1.82) is 0 Å². The van der Waals surface area contributed by atoms with Gasteiger partial charge in [0.15, 0.2) is 0 Å². The number of aryl methyl sites for hydroxylation is 1. The fraction of sp³-hybridized carbons (Fsp3) is 0.111. The predicted octanol–water partition coefficient (Wildman–Crippen LogP) is 1.49. The molecule has 0 radical (unpaired) electrons. The molecule has 2 aromatic heterocycles. The van der Waals surface area contributed by atoms with Crippen LogP contribution in [0.5, 0.6) is 0 Å². The molecule has 2 rings (SSSR count). The van der Waals surface area contributed by atoms with Gasteiger partial charge in [0.1, 0.15) is 11.5 Å². The van der Waals surface area contributed by atoms with Gasteiger partial charge < -0.3 is 0 Å². The van der Waals surface area contributed by atoms with Gasteiger partial charge in [-0.25, -0.2) is 4.98 Å². The molecule has 1 amide bonds. The normalized spacial score (nSPS) is 9.93. The fourth-order valence-electron chi connectivity index (χ4n) is 1.01. The molecule has 0 atom stereocenters. The van der Waals surface area contributed by atoms with E-state index in [9.17, 15) is 4.79 Å². The Morgan fingerprint density at radius 2 is 2.33 bits per heavy atom. The molecule has 76 valence electrons. The van der Waals surface area contributed by atoms with E-state index < -0.39 is 0 Å². The molecule has 0 fully saturated rings. The molecule has 0 aliphatic heterocycles. The molecule has 0 spiro atoms. The summed E-state index contributed by atoms with van der Waals surface area (Å²) < 4.78 is 3.96. The van der Waals surface area contributed by atoms with Gasteiger partial charge in [0.2, 0.25) is 5.13 Å². The topological polar surface area (TPSA) is 67.8 Å². The van der Waals surface area contributed by atoms with Gasteiger partial charge in [-0.3, -0.25) is 15.1 Å². The van der Waals surface area contributed by atoms with E-state index in [-0.39, 0.29) is 5.91 Å². The second-order valence-corrected chi connectivity index (χ2v) is 3.57. The summed E-state index contributed by atoms with van der Waals surface area (Å²) in [4.78, 5) is 19.5. The monoisotopic (exact) mass is 220 g/mol. The maximum Gasteiger partial charge on any atom is 0.276 e. The highest BCUT2D eigenvalue weighted by molar-refractivity contribution is 7.09. The lowest BCUT2D eigenvalue weighted by Crippen LogP contribution is -2.13. The molecule has 0 aliphatic rings. The van der Waals surface area contributed by atoms with Crippen LogP contribution in [-0.4, -0.2) is 20.2 Å². The number of pyridine rings is 1. The number of nitrogens with zero attached hydrogens (tertiary/aromatic N) is 3. The minimum atomic E-state index is -0.272. The van der Waals surface area contributed by atoms with Crippen LogP contribution in [0.2, 0.25) is 0 Å². The Hall–Kier alpha value is -1.82. The first-order valence-electron chi connectivity index (χ1n) is 4.28. The van der Waals surface area contributed by atoms with Gasteiger partial charge in [-0.15, -0.1) is 0 Å². The van der Waals surface area contributed by atoms with E-state index >= 15 is 0 Å². The Morgan fingerprint density at radius 3 is 2.93 bits per heavy atom. The summed E-state index contributed by atoms with van der Waals surface area (Å²) in [5.41, 5.74) is 0.366. The minimum Gasteiger partial charge on any atom is -0.295 e. The first kappa shape index (κ1) is 9.72. The van der Waals surface area contributed by atoms with E-state index in [2.05, 4.69) is 19.7 Å². The van der Waals surface area contributed by atoms with E-state index in [0.29, 0.717) is 16.6 Å². The molecule has 2 heterocycles. The summed E-state index contributed by atoms with van der Waals surface area (Å²) in [7, 11) is 0. The highest BCUT2D eigenvalue weighted by Crippen LogP contribution is 2.10. The highest BCUT2D eigenvalue weighted by Gasteiger charge is 2.08. The van der Waals surface area contributed by atoms with Crippen LogP contribution in [0.3, 0.4) is 0 Å². The Bertz CT molecular complexity index is 468. The van der Waals surface area contributed by atoms with Crippen molar-refractivity contribution < 1.29 is 4.79 Å². The van der Waals surface area contributed by atoms with Crippen molar-refractivity contribution >= 4 is 22.6 Å². The Balaban J connectivity index is 2.11. The second kappa shape index (κ2) is 4.14. The lowest BCUT2D eigenvalue weighted by molar-refractivity contribution is 0.102. The average molecular weight is 220 g/mol. The van der Waals surface area contributed by atoms with E-state index in [1.54, 1.807) is 31.3 Å². The molecule has 0 unspecified atom stereocenters. The predicted molar refractivity (Wildman–Crippen MR) is 56.8 cm³/mol. The Kier molecular flexibility index (Phi) is 2.68. The summed E-state index contributed by atoms with van der Waals surface area (Å²) >= 11 is 1.15. The van der Waals surface area contributed by atoms with Gasteiger partial charge in [-0.2, -0.15) is 4.37 Å². The van der Waals surface area contributed by atoms with Gasteiger partial charge in [-0.05, 0) is 19.1 Å². The number of carbonyl (C=O) groups is 1. The minimum absolute atomic E-state index is 0.272. The maximum absolute atomic E-state index is 11.6. The zero-order valence-corrected chi connectivity index (χ0v) is 8.78. The quantitative estimate of drug-likeness (QED) is 0.832. The summed E-state index contributed by atoms with van der Waals surface area (Å²) in [5, 5.41) is 3.11. The second-order valence-electron chi connectivity index (χ2n) is 2.82. The molecule has 0 saturated heterocycles. The van der Waals surface area contributed by atoms with Crippen LogP contribution in [0, 0.1) is 6.92 Å². The van der Waals surface area contributed by atoms with E-state index in [0.717, 1.165) is 11.5 Å². The van der Waals surface area contributed by atoms with Gasteiger partial charge >= 0.3 is 0 Å². The van der Waals surface area contributed by atoms with Crippen molar-refractivity contribution in [3.63, 3.8) is 0 Å². The average Bonchev–Trinajstić information content (AvgIpc) is 2.65. The van der Waals surface area contributed by atoms with Crippen LogP contribution in [-0.2, 0) is 0 Å². The van der Waals surface area contributed by atoms with Gasteiger partial charge in [0.25, 0.3) is 5.91 Å². The lowest BCUT2D eigenvalue weighted by atomic mass is 10.3. The first-order chi connectivity index (χ1) is 7.25.